The molecule has 4 heterocycles. The van der Waals surface area contributed by atoms with Crippen molar-refractivity contribution < 1.29 is 9.15 Å². The lowest BCUT2D eigenvalue weighted by Crippen LogP contribution is -2.22. The third-order valence-corrected chi connectivity index (χ3v) is 8.05. The number of benzene rings is 4. The molecule has 0 radical (unpaired) electrons. The normalized spacial score (nSPS) is 14.0. The fraction of sp³-hybridized carbons (Fsp3) is 0.0303. The number of fused-ring (bicyclic) bond motifs is 6. The molecule has 3 aromatic heterocycles. The predicted molar refractivity (Wildman–Crippen MR) is 162 cm³/mol. The van der Waals surface area contributed by atoms with Gasteiger partial charge < -0.3 is 9.15 Å². The van der Waals surface area contributed by atoms with Crippen molar-refractivity contribution in [2.75, 3.05) is 0 Å². The average molecular weight is 589 g/mol. The average Bonchev–Trinajstić information content (AvgIpc) is 3.46. The lowest BCUT2D eigenvalue weighted by molar-refractivity contribution is 0.422. The molecule has 9 heteroatoms. The monoisotopic (exact) mass is 588 g/mol. The van der Waals surface area contributed by atoms with Crippen LogP contribution in [0.25, 0.3) is 39.1 Å². The molecule has 1 aliphatic rings. The Bertz CT molecular complexity index is 2230. The van der Waals surface area contributed by atoms with E-state index in [2.05, 4.69) is 17.1 Å². The Kier molecular flexibility index (Phi) is 5.63. The van der Waals surface area contributed by atoms with E-state index in [0.717, 1.165) is 16.7 Å². The Balaban J connectivity index is 1.34. The molecule has 1 atom stereocenters. The van der Waals surface area contributed by atoms with Crippen LogP contribution in [0.5, 0.6) is 11.6 Å². The van der Waals surface area contributed by atoms with Gasteiger partial charge in [0.05, 0.1) is 22.4 Å². The second-order valence-corrected chi connectivity index (χ2v) is 10.8. The zero-order chi connectivity index (χ0) is 28.4. The van der Waals surface area contributed by atoms with Crippen molar-refractivity contribution in [3.05, 3.63) is 141 Å². The van der Waals surface area contributed by atoms with Gasteiger partial charge in [-0.2, -0.15) is 0 Å². The minimum atomic E-state index is -0.705. The van der Waals surface area contributed by atoms with E-state index in [4.69, 9.17) is 42.4 Å². The van der Waals surface area contributed by atoms with Gasteiger partial charge in [-0.25, -0.2) is 19.3 Å². The van der Waals surface area contributed by atoms with Crippen LogP contribution < -0.4 is 10.4 Å². The van der Waals surface area contributed by atoms with Gasteiger partial charge in [0.2, 0.25) is 5.88 Å². The van der Waals surface area contributed by atoms with Gasteiger partial charge in [-0.1, -0.05) is 96.0 Å². The third-order valence-electron chi connectivity index (χ3n) is 7.49. The van der Waals surface area contributed by atoms with Crippen LogP contribution in [-0.2, 0) is 0 Å². The van der Waals surface area contributed by atoms with Gasteiger partial charge in [0.25, 0.3) is 0 Å². The number of nitrogens with zero attached hydrogens (tertiary/aromatic N) is 4. The first-order valence-corrected chi connectivity index (χ1v) is 13.9. The number of rotatable bonds is 3. The second-order valence-electron chi connectivity index (χ2n) is 9.94. The summed E-state index contributed by atoms with van der Waals surface area (Å²) >= 11 is 13.0. The van der Waals surface area contributed by atoms with E-state index >= 15 is 0 Å². The van der Waals surface area contributed by atoms with Crippen molar-refractivity contribution in [2.45, 2.75) is 5.92 Å². The number of ether oxygens (including phenoxy) is 1. The van der Waals surface area contributed by atoms with Crippen LogP contribution in [0.15, 0.2) is 113 Å². The van der Waals surface area contributed by atoms with Gasteiger partial charge >= 0.3 is 5.63 Å². The Morgan fingerprint density at radius 1 is 0.786 bits per heavy atom. The molecule has 1 aliphatic heterocycles. The highest BCUT2D eigenvalue weighted by Gasteiger charge is 2.38. The first-order chi connectivity index (χ1) is 20.5. The van der Waals surface area contributed by atoms with Crippen LogP contribution in [0.1, 0.15) is 22.6 Å². The molecular formula is C33H18Cl2N4O3. The number of hydrogen-bond donors (Lipinski definition) is 0. The molecule has 0 saturated heterocycles. The Morgan fingerprint density at radius 2 is 1.52 bits per heavy atom. The summed E-state index contributed by atoms with van der Waals surface area (Å²) in [6, 6.07) is 30.6. The second kappa shape index (κ2) is 9.55. The Morgan fingerprint density at radius 3 is 2.33 bits per heavy atom. The molecule has 202 valence electrons. The van der Waals surface area contributed by atoms with Crippen molar-refractivity contribution in [3.63, 3.8) is 0 Å². The van der Waals surface area contributed by atoms with E-state index < -0.39 is 11.5 Å². The van der Waals surface area contributed by atoms with Gasteiger partial charge in [0.15, 0.2) is 17.2 Å². The Hall–Kier alpha value is -4.98. The minimum absolute atomic E-state index is 0.303. The first kappa shape index (κ1) is 24.8. The number of para-hydroxylation sites is 1. The van der Waals surface area contributed by atoms with Crippen molar-refractivity contribution >= 4 is 39.8 Å². The molecule has 0 saturated carbocycles. The summed E-state index contributed by atoms with van der Waals surface area (Å²) in [5.74, 6) is 0.476. The highest BCUT2D eigenvalue weighted by atomic mass is 35.5. The summed E-state index contributed by atoms with van der Waals surface area (Å²) in [5, 5.41) is 6.23. The molecule has 7 aromatic rings. The molecular weight excluding hydrogens is 571 g/mol. The van der Waals surface area contributed by atoms with Crippen molar-refractivity contribution in [1.29, 1.82) is 0 Å². The zero-order valence-corrected chi connectivity index (χ0v) is 23.2. The standard InChI is InChI=1S/C33H18Cl2N4O3/c34-21-14-15-22(24(35)16-21)26-27-29(23-8-4-5-9-25(23)41-33(27)40)42-32-28(26)31-37-30(38-39(31)17-36-32)20-12-10-19(11-13-20)18-6-2-1-3-7-18/h1-17,26H. The van der Waals surface area contributed by atoms with Gasteiger partial charge in [-0.15, -0.1) is 5.10 Å². The van der Waals surface area contributed by atoms with E-state index in [1.54, 1.807) is 41.2 Å². The summed E-state index contributed by atoms with van der Waals surface area (Å²) in [5.41, 5.74) is 4.89. The van der Waals surface area contributed by atoms with E-state index in [0.29, 0.717) is 60.8 Å². The summed E-state index contributed by atoms with van der Waals surface area (Å²) in [4.78, 5) is 23.1. The van der Waals surface area contributed by atoms with Crippen molar-refractivity contribution in [1.82, 2.24) is 19.6 Å². The van der Waals surface area contributed by atoms with Gasteiger partial charge in [0.1, 0.15) is 11.9 Å². The van der Waals surface area contributed by atoms with Crippen molar-refractivity contribution in [3.8, 4) is 34.1 Å². The summed E-state index contributed by atoms with van der Waals surface area (Å²) in [6.45, 7) is 0. The summed E-state index contributed by atoms with van der Waals surface area (Å²) in [6.07, 6.45) is 1.56. The molecule has 0 aliphatic carbocycles. The van der Waals surface area contributed by atoms with E-state index in [-0.39, 0.29) is 0 Å². The maximum absolute atomic E-state index is 13.6. The number of aromatic nitrogens is 4. The van der Waals surface area contributed by atoms with E-state index in [1.807, 2.05) is 54.6 Å². The lowest BCUT2D eigenvalue weighted by atomic mass is 9.84. The number of hydrogen-bond acceptors (Lipinski definition) is 6. The fourth-order valence-electron chi connectivity index (χ4n) is 5.54. The molecule has 8 rings (SSSR count). The quantitative estimate of drug-likeness (QED) is 0.194. The third kappa shape index (κ3) is 3.89. The molecule has 4 aromatic carbocycles. The minimum Gasteiger partial charge on any atom is -0.437 e. The molecule has 0 bridgehead atoms. The largest absolute Gasteiger partial charge is 0.437 e. The molecule has 1 unspecified atom stereocenters. The predicted octanol–water partition coefficient (Wildman–Crippen LogP) is 8.16. The first-order valence-electron chi connectivity index (χ1n) is 13.1. The fourth-order valence-corrected chi connectivity index (χ4v) is 6.06. The van der Waals surface area contributed by atoms with Gasteiger partial charge in [-0.05, 0) is 41.0 Å². The molecule has 0 amide bonds. The SMILES string of the molecule is O=c1oc2ccccc2c2c1C(c1ccc(Cl)cc1Cl)c1c(ncn3nc(-c4ccc(-c5ccccc5)cc4)nc13)O2. The molecule has 0 spiro atoms. The maximum atomic E-state index is 13.6. The van der Waals surface area contributed by atoms with Crippen LogP contribution in [-0.4, -0.2) is 19.6 Å². The van der Waals surface area contributed by atoms with Gasteiger partial charge in [0, 0.05) is 15.6 Å². The van der Waals surface area contributed by atoms with Crippen LogP contribution in [0.2, 0.25) is 10.0 Å². The van der Waals surface area contributed by atoms with Crippen LogP contribution in [0.3, 0.4) is 0 Å². The van der Waals surface area contributed by atoms with Crippen LogP contribution >= 0.6 is 23.2 Å². The maximum Gasteiger partial charge on any atom is 0.344 e. The van der Waals surface area contributed by atoms with E-state index in [1.165, 1.54) is 0 Å². The van der Waals surface area contributed by atoms with Crippen LogP contribution in [0, 0.1) is 0 Å². The summed E-state index contributed by atoms with van der Waals surface area (Å²) in [7, 11) is 0. The topological polar surface area (TPSA) is 82.5 Å². The Labute approximate surface area is 248 Å². The number of halogens is 2. The zero-order valence-electron chi connectivity index (χ0n) is 21.7. The smallest absolute Gasteiger partial charge is 0.344 e. The molecule has 0 fully saturated rings. The van der Waals surface area contributed by atoms with Crippen LogP contribution in [0.4, 0.5) is 0 Å². The summed E-state index contributed by atoms with van der Waals surface area (Å²) < 4.78 is 13.7. The molecule has 7 nitrogen and oxygen atoms in total. The highest BCUT2D eigenvalue weighted by molar-refractivity contribution is 6.35. The highest BCUT2D eigenvalue weighted by Crippen LogP contribution is 2.50. The lowest BCUT2D eigenvalue weighted by Gasteiger charge is -2.27. The van der Waals surface area contributed by atoms with Crippen molar-refractivity contribution in [2.24, 2.45) is 0 Å². The van der Waals surface area contributed by atoms with Gasteiger partial charge in [-0.3, -0.25) is 0 Å². The molecule has 42 heavy (non-hydrogen) atoms. The van der Waals surface area contributed by atoms with E-state index in [9.17, 15) is 4.79 Å². The molecule has 0 N–H and O–H groups in total.